The van der Waals surface area contributed by atoms with Crippen LogP contribution < -0.4 is 10.6 Å². The Hall–Kier alpha value is -1.39. The van der Waals surface area contributed by atoms with Gasteiger partial charge in [0.25, 0.3) is 0 Å². The van der Waals surface area contributed by atoms with Gasteiger partial charge in [0.2, 0.25) is 0 Å². The molecule has 6 nitrogen and oxygen atoms in total. The van der Waals surface area contributed by atoms with Gasteiger partial charge in [0.15, 0.2) is 5.96 Å². The van der Waals surface area contributed by atoms with Gasteiger partial charge in [0, 0.05) is 56.9 Å². The Morgan fingerprint density at radius 2 is 1.97 bits per heavy atom. The molecule has 0 saturated carbocycles. The number of aromatic amines is 1. The fourth-order valence-electron chi connectivity index (χ4n) is 3.87. The molecule has 1 fully saturated rings. The number of rotatable bonds is 7. The maximum Gasteiger partial charge on any atom is 0.190 e. The highest BCUT2D eigenvalue weighted by molar-refractivity contribution is 14.0. The highest BCUT2D eigenvalue weighted by atomic mass is 127. The number of nitrogens with one attached hydrogen (secondary N) is 3. The molecule has 3 rings (SSSR count). The summed E-state index contributed by atoms with van der Waals surface area (Å²) < 4.78 is 19.3. The van der Waals surface area contributed by atoms with Crippen molar-refractivity contribution in [2.75, 3.05) is 39.8 Å². The van der Waals surface area contributed by atoms with Crippen molar-refractivity contribution < 1.29 is 9.13 Å². The minimum absolute atomic E-state index is 0. The van der Waals surface area contributed by atoms with E-state index in [9.17, 15) is 4.39 Å². The largest absolute Gasteiger partial charge is 0.373 e. The quantitative estimate of drug-likeness (QED) is 0.229. The first-order valence-corrected chi connectivity index (χ1v) is 10.1. The first kappa shape index (κ1) is 23.9. The van der Waals surface area contributed by atoms with E-state index in [2.05, 4.69) is 39.4 Å². The van der Waals surface area contributed by atoms with Gasteiger partial charge in [-0.15, -0.1) is 24.0 Å². The third-order valence-electron chi connectivity index (χ3n) is 5.08. The molecule has 1 aliphatic rings. The summed E-state index contributed by atoms with van der Waals surface area (Å²) in [7, 11) is 1.78. The molecule has 2 heterocycles. The summed E-state index contributed by atoms with van der Waals surface area (Å²) in [5.41, 5.74) is 2.07. The van der Waals surface area contributed by atoms with E-state index in [1.807, 2.05) is 6.20 Å². The molecule has 0 radical (unpaired) electrons. The van der Waals surface area contributed by atoms with E-state index >= 15 is 0 Å². The maximum absolute atomic E-state index is 13.5. The monoisotopic (exact) mass is 517 g/mol. The Morgan fingerprint density at radius 3 is 2.69 bits per heavy atom. The van der Waals surface area contributed by atoms with E-state index in [1.165, 1.54) is 6.07 Å². The molecular formula is C21H33FIN5O. The predicted molar refractivity (Wildman–Crippen MR) is 128 cm³/mol. The number of nitrogens with zero attached hydrogens (tertiary/aromatic N) is 2. The fraction of sp³-hybridized carbons (Fsp3) is 0.571. The molecule has 1 aliphatic heterocycles. The Labute approximate surface area is 189 Å². The van der Waals surface area contributed by atoms with Crippen LogP contribution in [0.15, 0.2) is 29.4 Å². The molecule has 2 aromatic rings. The van der Waals surface area contributed by atoms with Crippen LogP contribution in [0.1, 0.15) is 25.8 Å². The summed E-state index contributed by atoms with van der Waals surface area (Å²) in [4.78, 5) is 9.94. The minimum atomic E-state index is -0.206. The van der Waals surface area contributed by atoms with Crippen LogP contribution in [0.4, 0.5) is 4.39 Å². The van der Waals surface area contributed by atoms with Gasteiger partial charge in [-0.1, -0.05) is 0 Å². The SMILES string of the molecule is CN=C(NCCCN1CC(C)OC(C)C1)NCCc1c[nH]c2ccc(F)cc12.I. The van der Waals surface area contributed by atoms with E-state index in [0.29, 0.717) is 12.2 Å². The van der Waals surface area contributed by atoms with Gasteiger partial charge in [-0.05, 0) is 50.5 Å². The summed E-state index contributed by atoms with van der Waals surface area (Å²) in [6, 6.07) is 4.84. The standard InChI is InChI=1S/C21H32FN5O.HI/c1-15-13-27(14-16(2)28-15)10-4-8-24-21(23-3)25-9-7-17-12-26-20-6-5-18(22)11-19(17)20;/h5-6,11-12,15-16,26H,4,7-10,13-14H2,1-3H3,(H2,23,24,25);1H. The van der Waals surface area contributed by atoms with Gasteiger partial charge in [0.05, 0.1) is 12.2 Å². The minimum Gasteiger partial charge on any atom is -0.373 e. The van der Waals surface area contributed by atoms with Crippen molar-refractivity contribution >= 4 is 40.8 Å². The van der Waals surface area contributed by atoms with Gasteiger partial charge in [0.1, 0.15) is 5.82 Å². The molecule has 2 atom stereocenters. The van der Waals surface area contributed by atoms with E-state index in [1.54, 1.807) is 19.2 Å². The second-order valence-electron chi connectivity index (χ2n) is 7.55. The first-order chi connectivity index (χ1) is 13.5. The Balaban J connectivity index is 0.00000300. The molecule has 29 heavy (non-hydrogen) atoms. The smallest absolute Gasteiger partial charge is 0.190 e. The molecule has 3 N–H and O–H groups in total. The van der Waals surface area contributed by atoms with E-state index in [4.69, 9.17) is 4.74 Å². The third-order valence-corrected chi connectivity index (χ3v) is 5.08. The molecule has 1 aromatic heterocycles. The Bertz CT molecular complexity index is 786. The van der Waals surface area contributed by atoms with Crippen molar-refractivity contribution in [2.45, 2.75) is 38.9 Å². The van der Waals surface area contributed by atoms with Gasteiger partial charge < -0.3 is 20.4 Å². The third kappa shape index (κ3) is 7.11. The average Bonchev–Trinajstić information content (AvgIpc) is 3.05. The molecule has 1 aromatic carbocycles. The number of halogens is 2. The molecule has 0 bridgehead atoms. The van der Waals surface area contributed by atoms with Crippen LogP contribution in [0.25, 0.3) is 10.9 Å². The van der Waals surface area contributed by atoms with Crippen molar-refractivity contribution in [3.05, 3.63) is 35.8 Å². The van der Waals surface area contributed by atoms with Crippen LogP contribution in [0, 0.1) is 5.82 Å². The lowest BCUT2D eigenvalue weighted by Gasteiger charge is -2.35. The molecule has 0 spiro atoms. The normalized spacial score (nSPS) is 20.5. The van der Waals surface area contributed by atoms with Crippen LogP contribution in [0.2, 0.25) is 0 Å². The average molecular weight is 517 g/mol. The second-order valence-corrected chi connectivity index (χ2v) is 7.55. The van der Waals surface area contributed by atoms with Crippen LogP contribution >= 0.6 is 24.0 Å². The van der Waals surface area contributed by atoms with E-state index in [0.717, 1.165) is 68.0 Å². The summed E-state index contributed by atoms with van der Waals surface area (Å²) >= 11 is 0. The van der Waals surface area contributed by atoms with Crippen LogP contribution in [0.5, 0.6) is 0 Å². The zero-order chi connectivity index (χ0) is 19.9. The number of fused-ring (bicyclic) bond motifs is 1. The maximum atomic E-state index is 13.5. The highest BCUT2D eigenvalue weighted by Crippen LogP contribution is 2.19. The number of benzene rings is 1. The lowest BCUT2D eigenvalue weighted by Crippen LogP contribution is -2.46. The fourth-order valence-corrected chi connectivity index (χ4v) is 3.87. The van der Waals surface area contributed by atoms with E-state index < -0.39 is 0 Å². The van der Waals surface area contributed by atoms with E-state index in [-0.39, 0.29) is 29.8 Å². The molecule has 0 amide bonds. The summed E-state index contributed by atoms with van der Waals surface area (Å²) in [6.45, 7) is 8.94. The molecule has 2 unspecified atom stereocenters. The number of hydrogen-bond donors (Lipinski definition) is 3. The number of H-pyrrole nitrogens is 1. The first-order valence-electron chi connectivity index (χ1n) is 10.1. The number of aliphatic imine (C=N–C) groups is 1. The van der Waals surface area contributed by atoms with Crippen molar-refractivity contribution in [2.24, 2.45) is 4.99 Å². The highest BCUT2D eigenvalue weighted by Gasteiger charge is 2.21. The molecule has 0 aliphatic carbocycles. The summed E-state index contributed by atoms with van der Waals surface area (Å²) in [5.74, 6) is 0.595. The Morgan fingerprint density at radius 1 is 1.24 bits per heavy atom. The van der Waals surface area contributed by atoms with Crippen molar-refractivity contribution in [1.29, 1.82) is 0 Å². The number of guanidine groups is 1. The topological polar surface area (TPSA) is 64.7 Å². The number of aromatic nitrogens is 1. The lowest BCUT2D eigenvalue weighted by molar-refractivity contribution is -0.0679. The summed E-state index contributed by atoms with van der Waals surface area (Å²) in [5, 5.41) is 7.65. The molecule has 162 valence electrons. The predicted octanol–water partition coefficient (Wildman–Crippen LogP) is 3.13. The Kier molecular flexibility index (Phi) is 9.64. The van der Waals surface area contributed by atoms with Gasteiger partial charge in [-0.25, -0.2) is 4.39 Å². The van der Waals surface area contributed by atoms with Crippen molar-refractivity contribution in [3.63, 3.8) is 0 Å². The lowest BCUT2D eigenvalue weighted by atomic mass is 10.1. The van der Waals surface area contributed by atoms with Crippen molar-refractivity contribution in [3.8, 4) is 0 Å². The number of hydrogen-bond acceptors (Lipinski definition) is 3. The van der Waals surface area contributed by atoms with Crippen LogP contribution in [0.3, 0.4) is 0 Å². The van der Waals surface area contributed by atoms with Crippen LogP contribution in [-0.4, -0.2) is 67.8 Å². The zero-order valence-corrected chi connectivity index (χ0v) is 19.8. The molecular weight excluding hydrogens is 484 g/mol. The molecule has 8 heteroatoms. The van der Waals surface area contributed by atoms with Gasteiger partial charge in [-0.2, -0.15) is 0 Å². The van der Waals surface area contributed by atoms with Crippen molar-refractivity contribution in [1.82, 2.24) is 20.5 Å². The molecule has 1 saturated heterocycles. The summed E-state index contributed by atoms with van der Waals surface area (Å²) in [6.07, 6.45) is 4.43. The number of morpholine rings is 1. The van der Waals surface area contributed by atoms with Gasteiger partial charge in [-0.3, -0.25) is 9.89 Å². The van der Waals surface area contributed by atoms with Gasteiger partial charge >= 0.3 is 0 Å². The zero-order valence-electron chi connectivity index (χ0n) is 17.5. The second kappa shape index (κ2) is 11.7. The number of ether oxygens (including phenoxy) is 1. The van der Waals surface area contributed by atoms with Crippen LogP contribution in [-0.2, 0) is 11.2 Å².